The van der Waals surface area contributed by atoms with Gasteiger partial charge in [0.15, 0.2) is 0 Å². The SMILES string of the molecule is CCC1C(=O)NC(=O)CN1C(=O)[C@@H](N)Cc1ccccc1. The van der Waals surface area contributed by atoms with Crippen molar-refractivity contribution < 1.29 is 14.4 Å². The largest absolute Gasteiger partial charge is 0.320 e. The summed E-state index contributed by atoms with van der Waals surface area (Å²) in [6, 6.07) is 8.02. The molecule has 1 unspecified atom stereocenters. The van der Waals surface area contributed by atoms with Gasteiger partial charge in [0, 0.05) is 0 Å². The van der Waals surface area contributed by atoms with Crippen molar-refractivity contribution in [1.29, 1.82) is 0 Å². The molecule has 1 aromatic carbocycles. The summed E-state index contributed by atoms with van der Waals surface area (Å²) < 4.78 is 0. The van der Waals surface area contributed by atoms with Gasteiger partial charge in [-0.05, 0) is 18.4 Å². The second-order valence-electron chi connectivity index (χ2n) is 5.10. The number of hydrogen-bond acceptors (Lipinski definition) is 4. The fourth-order valence-corrected chi connectivity index (χ4v) is 2.47. The molecule has 1 fully saturated rings. The topological polar surface area (TPSA) is 92.5 Å². The first-order chi connectivity index (χ1) is 10.0. The highest BCUT2D eigenvalue weighted by molar-refractivity contribution is 6.04. The first-order valence-corrected chi connectivity index (χ1v) is 6.96. The second-order valence-corrected chi connectivity index (χ2v) is 5.10. The number of nitrogens with zero attached hydrogens (tertiary/aromatic N) is 1. The number of imide groups is 1. The van der Waals surface area contributed by atoms with E-state index < -0.39 is 23.9 Å². The highest BCUT2D eigenvalue weighted by Crippen LogP contribution is 2.12. The second kappa shape index (κ2) is 6.49. The van der Waals surface area contributed by atoms with Gasteiger partial charge in [0.2, 0.25) is 17.7 Å². The number of benzene rings is 1. The van der Waals surface area contributed by atoms with Crippen molar-refractivity contribution in [2.45, 2.75) is 31.8 Å². The Kier molecular flexibility index (Phi) is 4.70. The van der Waals surface area contributed by atoms with Gasteiger partial charge >= 0.3 is 0 Å². The molecule has 3 amide bonds. The molecule has 3 N–H and O–H groups in total. The molecule has 6 nitrogen and oxygen atoms in total. The van der Waals surface area contributed by atoms with Crippen LogP contribution < -0.4 is 11.1 Å². The molecule has 1 aliphatic rings. The van der Waals surface area contributed by atoms with Crippen LogP contribution in [0, 0.1) is 0 Å². The Morgan fingerprint density at radius 1 is 1.38 bits per heavy atom. The maximum atomic E-state index is 12.4. The summed E-state index contributed by atoms with van der Waals surface area (Å²) >= 11 is 0. The first kappa shape index (κ1) is 15.2. The molecule has 0 saturated carbocycles. The van der Waals surface area contributed by atoms with Crippen LogP contribution in [0.4, 0.5) is 0 Å². The van der Waals surface area contributed by atoms with Gasteiger partial charge in [-0.15, -0.1) is 0 Å². The Labute approximate surface area is 123 Å². The van der Waals surface area contributed by atoms with Gasteiger partial charge in [0.25, 0.3) is 0 Å². The zero-order valence-corrected chi connectivity index (χ0v) is 11.9. The number of carbonyl (C=O) groups excluding carboxylic acids is 3. The Morgan fingerprint density at radius 2 is 2.05 bits per heavy atom. The lowest BCUT2D eigenvalue weighted by molar-refractivity contribution is -0.150. The summed E-state index contributed by atoms with van der Waals surface area (Å²) in [5.41, 5.74) is 6.90. The van der Waals surface area contributed by atoms with Gasteiger partial charge < -0.3 is 10.6 Å². The summed E-state index contributed by atoms with van der Waals surface area (Å²) in [7, 11) is 0. The molecular weight excluding hydrogens is 270 g/mol. The predicted octanol–water partition coefficient (Wildman–Crippen LogP) is -0.180. The van der Waals surface area contributed by atoms with E-state index in [2.05, 4.69) is 5.32 Å². The summed E-state index contributed by atoms with van der Waals surface area (Å²) in [6.07, 6.45) is 0.825. The molecule has 0 aliphatic carbocycles. The molecule has 0 radical (unpaired) electrons. The molecule has 0 bridgehead atoms. The number of nitrogens with two attached hydrogens (primary N) is 1. The molecule has 6 heteroatoms. The van der Waals surface area contributed by atoms with Gasteiger partial charge in [-0.3, -0.25) is 19.7 Å². The first-order valence-electron chi connectivity index (χ1n) is 6.96. The number of piperazine rings is 1. The number of carbonyl (C=O) groups is 3. The lowest BCUT2D eigenvalue weighted by atomic mass is 10.0. The number of nitrogens with one attached hydrogen (secondary N) is 1. The lowest BCUT2D eigenvalue weighted by Gasteiger charge is -2.35. The minimum absolute atomic E-state index is 0.119. The number of hydrogen-bond donors (Lipinski definition) is 2. The fraction of sp³-hybridized carbons (Fsp3) is 0.400. The van der Waals surface area contributed by atoms with Gasteiger partial charge in [0.1, 0.15) is 12.6 Å². The third-order valence-electron chi connectivity index (χ3n) is 3.54. The van der Waals surface area contributed by atoms with E-state index >= 15 is 0 Å². The molecular formula is C15H19N3O3. The fourth-order valence-electron chi connectivity index (χ4n) is 2.47. The number of rotatable bonds is 4. The van der Waals surface area contributed by atoms with E-state index in [1.54, 1.807) is 6.92 Å². The highest BCUT2D eigenvalue weighted by atomic mass is 16.2. The van der Waals surface area contributed by atoms with Crippen LogP contribution >= 0.6 is 0 Å². The van der Waals surface area contributed by atoms with Crippen molar-refractivity contribution in [1.82, 2.24) is 10.2 Å². The van der Waals surface area contributed by atoms with Crippen LogP contribution in [0.3, 0.4) is 0 Å². The quantitative estimate of drug-likeness (QED) is 0.752. The standard InChI is InChI=1S/C15H19N3O3/c1-2-12-14(20)17-13(19)9-18(12)15(21)11(16)8-10-6-4-3-5-7-10/h3-7,11-12H,2,8-9,16H2,1H3,(H,17,19,20)/t11-,12?/m0/s1. The van der Waals surface area contributed by atoms with Crippen molar-refractivity contribution in [2.24, 2.45) is 5.73 Å². The van der Waals surface area contributed by atoms with Crippen LogP contribution in [0.5, 0.6) is 0 Å². The highest BCUT2D eigenvalue weighted by Gasteiger charge is 2.37. The zero-order chi connectivity index (χ0) is 15.4. The van der Waals surface area contributed by atoms with Crippen molar-refractivity contribution >= 4 is 17.7 Å². The third-order valence-corrected chi connectivity index (χ3v) is 3.54. The molecule has 2 rings (SSSR count). The van der Waals surface area contributed by atoms with Crippen molar-refractivity contribution in [2.75, 3.05) is 6.54 Å². The molecule has 0 aromatic heterocycles. The van der Waals surface area contributed by atoms with E-state index in [1.165, 1.54) is 4.90 Å². The monoisotopic (exact) mass is 289 g/mol. The van der Waals surface area contributed by atoms with Crippen molar-refractivity contribution in [3.8, 4) is 0 Å². The van der Waals surface area contributed by atoms with Gasteiger partial charge in [-0.25, -0.2) is 0 Å². The smallest absolute Gasteiger partial charge is 0.249 e. The molecule has 1 aromatic rings. The molecule has 0 spiro atoms. The van der Waals surface area contributed by atoms with Crippen LogP contribution in [0.15, 0.2) is 30.3 Å². The average molecular weight is 289 g/mol. The molecule has 21 heavy (non-hydrogen) atoms. The normalized spacial score (nSPS) is 20.1. The van der Waals surface area contributed by atoms with Crippen LogP contribution in [-0.2, 0) is 20.8 Å². The Morgan fingerprint density at radius 3 is 2.67 bits per heavy atom. The minimum atomic E-state index is -0.764. The third kappa shape index (κ3) is 3.46. The molecule has 1 aliphatic heterocycles. The Hall–Kier alpha value is -2.21. The van der Waals surface area contributed by atoms with Crippen molar-refractivity contribution in [3.05, 3.63) is 35.9 Å². The zero-order valence-electron chi connectivity index (χ0n) is 11.9. The maximum Gasteiger partial charge on any atom is 0.249 e. The van der Waals surface area contributed by atoms with Crippen LogP contribution in [0.2, 0.25) is 0 Å². The van der Waals surface area contributed by atoms with Gasteiger partial charge in [-0.1, -0.05) is 37.3 Å². The molecule has 1 heterocycles. The van der Waals surface area contributed by atoms with Crippen LogP contribution in [0.25, 0.3) is 0 Å². The summed E-state index contributed by atoms with van der Waals surface area (Å²) in [5, 5.41) is 2.24. The predicted molar refractivity (Wildman–Crippen MR) is 77.1 cm³/mol. The summed E-state index contributed by atoms with van der Waals surface area (Å²) in [4.78, 5) is 36.9. The maximum absolute atomic E-state index is 12.4. The minimum Gasteiger partial charge on any atom is -0.320 e. The molecule has 2 atom stereocenters. The molecule has 1 saturated heterocycles. The average Bonchev–Trinajstić information content (AvgIpc) is 2.46. The van der Waals surface area contributed by atoms with Crippen LogP contribution in [-0.4, -0.2) is 41.2 Å². The van der Waals surface area contributed by atoms with Crippen molar-refractivity contribution in [3.63, 3.8) is 0 Å². The van der Waals surface area contributed by atoms with E-state index in [9.17, 15) is 14.4 Å². The lowest BCUT2D eigenvalue weighted by Crippen LogP contribution is -2.62. The Bertz CT molecular complexity index is 544. The van der Waals surface area contributed by atoms with E-state index in [0.717, 1.165) is 5.56 Å². The van der Waals surface area contributed by atoms with Crippen LogP contribution in [0.1, 0.15) is 18.9 Å². The van der Waals surface area contributed by atoms with Gasteiger partial charge in [-0.2, -0.15) is 0 Å². The van der Waals surface area contributed by atoms with Gasteiger partial charge in [0.05, 0.1) is 6.04 Å². The van der Waals surface area contributed by atoms with E-state index in [4.69, 9.17) is 5.73 Å². The molecule has 112 valence electrons. The Balaban J connectivity index is 2.09. The summed E-state index contributed by atoms with van der Waals surface area (Å²) in [6.45, 7) is 1.68. The van der Waals surface area contributed by atoms with E-state index in [0.29, 0.717) is 12.8 Å². The number of amides is 3. The summed E-state index contributed by atoms with van der Waals surface area (Å²) in [5.74, 6) is -1.27. The van der Waals surface area contributed by atoms with E-state index in [-0.39, 0.29) is 12.5 Å². The van der Waals surface area contributed by atoms with E-state index in [1.807, 2.05) is 30.3 Å².